The van der Waals surface area contributed by atoms with Crippen LogP contribution in [-0.4, -0.2) is 12.0 Å². The van der Waals surface area contributed by atoms with E-state index in [-0.39, 0.29) is 31.6 Å². The monoisotopic (exact) mass is 329 g/mol. The molecule has 0 bridgehead atoms. The second-order valence-electron chi connectivity index (χ2n) is 8.75. The summed E-state index contributed by atoms with van der Waals surface area (Å²) in [7, 11) is 0. The van der Waals surface area contributed by atoms with Crippen molar-refractivity contribution in [2.45, 2.75) is 108 Å². The molecule has 0 spiro atoms. The van der Waals surface area contributed by atoms with Crippen LogP contribution in [-0.2, 0) is 9.59 Å². The molecule has 0 N–H and O–H groups in total. The molecule has 2 nitrogen and oxygen atoms in total. The summed E-state index contributed by atoms with van der Waals surface area (Å²) in [6.07, 6.45) is 6.06. The topological polar surface area (TPSA) is 34.1 Å². The quantitative estimate of drug-likeness (QED) is 0.324. The standard InChI is InChI=1S/C19H36O2.2CH4/c1-18(2,3)14-16(15-19(4,5)6)17(21)12-10-8-7-9-11-13-20;;/h13,16H,7-12,14-15H2,1-6H3;2*1H4/i13D;;. The van der Waals surface area contributed by atoms with Crippen LogP contribution in [0.25, 0.3) is 0 Å². The van der Waals surface area contributed by atoms with Crippen molar-refractivity contribution >= 4 is 12.0 Å². The van der Waals surface area contributed by atoms with Crippen molar-refractivity contribution in [3.05, 3.63) is 0 Å². The minimum absolute atomic E-state index is 0. The van der Waals surface area contributed by atoms with Crippen LogP contribution in [0.4, 0.5) is 0 Å². The van der Waals surface area contributed by atoms with Crippen LogP contribution < -0.4 is 0 Å². The molecule has 0 saturated heterocycles. The normalized spacial score (nSPS) is 12.2. The van der Waals surface area contributed by atoms with Gasteiger partial charge >= 0.3 is 0 Å². The highest BCUT2D eigenvalue weighted by atomic mass is 16.1. The summed E-state index contributed by atoms with van der Waals surface area (Å²) >= 11 is 0. The summed E-state index contributed by atoms with van der Waals surface area (Å²) in [4.78, 5) is 23.1. The molecule has 0 atom stereocenters. The number of ketones is 1. The summed E-state index contributed by atoms with van der Waals surface area (Å²) in [6.45, 7) is 13.2. The molecule has 0 aliphatic carbocycles. The third kappa shape index (κ3) is 17.5. The number of rotatable bonds is 10. The van der Waals surface area contributed by atoms with Gasteiger partial charge in [0.2, 0.25) is 0 Å². The Balaban J connectivity index is -0.00000220. The SMILES string of the molecule is C.C.[2H]C(=O)CCCCCCC(=O)C(CC(C)(C)C)CC(C)(C)C. The van der Waals surface area contributed by atoms with Gasteiger partial charge in [0, 0.05) is 18.8 Å². The first kappa shape index (κ1) is 24.6. The van der Waals surface area contributed by atoms with Crippen LogP contribution >= 0.6 is 0 Å². The lowest BCUT2D eigenvalue weighted by molar-refractivity contribution is -0.125. The molecular weight excluding hydrogens is 284 g/mol. The zero-order valence-electron chi connectivity index (χ0n) is 16.1. The molecule has 0 aromatic heterocycles. The highest BCUT2D eigenvalue weighted by Gasteiger charge is 2.28. The van der Waals surface area contributed by atoms with Gasteiger partial charge in [0.25, 0.3) is 0 Å². The van der Waals surface area contributed by atoms with E-state index in [1.807, 2.05) is 0 Å². The van der Waals surface area contributed by atoms with Crippen molar-refractivity contribution in [2.24, 2.45) is 16.7 Å². The van der Waals surface area contributed by atoms with Crippen molar-refractivity contribution < 1.29 is 11.0 Å². The predicted molar refractivity (Wildman–Crippen MR) is 104 cm³/mol. The van der Waals surface area contributed by atoms with Gasteiger partial charge in [-0.2, -0.15) is 0 Å². The van der Waals surface area contributed by atoms with E-state index in [1.165, 1.54) is 0 Å². The van der Waals surface area contributed by atoms with Crippen LogP contribution in [0.3, 0.4) is 0 Å². The number of Topliss-reactive ketones (excluding diaryl/α,β-unsaturated/α-hetero) is 1. The number of carbonyl (C=O) groups excluding carboxylic acids is 2. The van der Waals surface area contributed by atoms with Crippen LogP contribution in [0.5, 0.6) is 0 Å². The molecule has 0 radical (unpaired) electrons. The molecule has 0 aromatic rings. The van der Waals surface area contributed by atoms with Crippen LogP contribution in [0.15, 0.2) is 0 Å². The summed E-state index contributed by atoms with van der Waals surface area (Å²) in [6, 6.07) is 0. The lowest BCUT2D eigenvalue weighted by atomic mass is 9.74. The summed E-state index contributed by atoms with van der Waals surface area (Å²) < 4.78 is 6.86. The molecule has 0 aliphatic rings. The van der Waals surface area contributed by atoms with E-state index in [4.69, 9.17) is 1.37 Å². The van der Waals surface area contributed by atoms with Crippen LogP contribution in [0.2, 0.25) is 0 Å². The number of unbranched alkanes of at least 4 members (excludes halogenated alkanes) is 3. The highest BCUT2D eigenvalue weighted by Crippen LogP contribution is 2.34. The van der Waals surface area contributed by atoms with Gasteiger partial charge in [-0.15, -0.1) is 0 Å². The van der Waals surface area contributed by atoms with Crippen molar-refractivity contribution in [3.8, 4) is 0 Å². The van der Waals surface area contributed by atoms with Gasteiger partial charge in [-0.05, 0) is 36.5 Å². The molecule has 0 amide bonds. The second-order valence-corrected chi connectivity index (χ2v) is 8.75. The van der Waals surface area contributed by atoms with Crippen LogP contribution in [0, 0.1) is 16.7 Å². The Bertz CT molecular complexity index is 332. The third-order valence-corrected chi connectivity index (χ3v) is 3.62. The lowest BCUT2D eigenvalue weighted by Gasteiger charge is -2.30. The van der Waals surface area contributed by atoms with Gasteiger partial charge < -0.3 is 4.79 Å². The van der Waals surface area contributed by atoms with Crippen LogP contribution in [0.1, 0.15) is 109 Å². The molecule has 0 saturated carbocycles. The Labute approximate surface area is 148 Å². The Morgan fingerprint density at radius 3 is 1.74 bits per heavy atom. The maximum Gasteiger partial charge on any atom is 0.136 e. The van der Waals surface area contributed by atoms with E-state index in [9.17, 15) is 9.59 Å². The summed E-state index contributed by atoms with van der Waals surface area (Å²) in [5.41, 5.74) is 0.361. The maximum atomic E-state index is 12.6. The average Bonchev–Trinajstić information content (AvgIpc) is 2.28. The van der Waals surface area contributed by atoms with Crippen molar-refractivity contribution in [1.29, 1.82) is 0 Å². The Hall–Kier alpha value is -0.660. The first-order chi connectivity index (χ1) is 9.91. The Morgan fingerprint density at radius 2 is 1.35 bits per heavy atom. The van der Waals surface area contributed by atoms with Crippen molar-refractivity contribution in [3.63, 3.8) is 0 Å². The molecule has 0 aliphatic heterocycles. The fourth-order valence-corrected chi connectivity index (χ4v) is 2.83. The zero-order chi connectivity index (χ0) is 17.4. The predicted octanol–water partition coefficient (Wildman–Crippen LogP) is 6.86. The zero-order valence-corrected chi connectivity index (χ0v) is 15.1. The largest absolute Gasteiger partial charge is 0.303 e. The molecule has 140 valence electrons. The van der Waals surface area contributed by atoms with E-state index in [0.717, 1.165) is 38.5 Å². The minimum atomic E-state index is -0.480. The molecule has 0 heterocycles. The fraction of sp³-hybridized carbons (Fsp3) is 0.905. The number of hydrogen-bond donors (Lipinski definition) is 0. The average molecular weight is 330 g/mol. The second kappa shape index (κ2) is 12.7. The molecular formula is C21H44O2. The van der Waals surface area contributed by atoms with Gasteiger partial charge in [-0.3, -0.25) is 4.79 Å². The molecule has 2 heteroatoms. The first-order valence-corrected chi connectivity index (χ1v) is 8.43. The third-order valence-electron chi connectivity index (χ3n) is 3.62. The van der Waals surface area contributed by atoms with Gasteiger partial charge in [0.15, 0.2) is 0 Å². The van der Waals surface area contributed by atoms with Gasteiger partial charge in [-0.25, -0.2) is 0 Å². The number of carbonyl (C=O) groups is 2. The smallest absolute Gasteiger partial charge is 0.136 e. The Kier molecular flexibility index (Phi) is 13.6. The first-order valence-electron chi connectivity index (χ1n) is 8.93. The summed E-state index contributed by atoms with van der Waals surface area (Å²) in [5.74, 6) is 0.566. The Morgan fingerprint density at radius 1 is 0.913 bits per heavy atom. The number of aldehydes is 1. The van der Waals surface area contributed by atoms with E-state index in [1.54, 1.807) is 0 Å². The lowest BCUT2D eigenvalue weighted by Crippen LogP contribution is -2.25. The molecule has 0 unspecified atom stereocenters. The maximum absolute atomic E-state index is 12.6. The molecule has 0 aromatic carbocycles. The number of hydrogen-bond acceptors (Lipinski definition) is 2. The highest BCUT2D eigenvalue weighted by molar-refractivity contribution is 5.81. The van der Waals surface area contributed by atoms with E-state index >= 15 is 0 Å². The van der Waals surface area contributed by atoms with E-state index in [0.29, 0.717) is 18.6 Å². The van der Waals surface area contributed by atoms with Gasteiger partial charge in [0.05, 0.1) is 0 Å². The molecule has 0 rings (SSSR count). The van der Waals surface area contributed by atoms with E-state index in [2.05, 4.69) is 41.5 Å². The van der Waals surface area contributed by atoms with Gasteiger partial charge in [-0.1, -0.05) is 69.2 Å². The molecule has 0 fully saturated rings. The van der Waals surface area contributed by atoms with Crippen molar-refractivity contribution in [1.82, 2.24) is 0 Å². The fourth-order valence-electron chi connectivity index (χ4n) is 2.83. The summed E-state index contributed by atoms with van der Waals surface area (Å²) in [5, 5.41) is 0. The van der Waals surface area contributed by atoms with Crippen molar-refractivity contribution in [2.75, 3.05) is 0 Å². The van der Waals surface area contributed by atoms with E-state index < -0.39 is 6.26 Å². The van der Waals surface area contributed by atoms with Gasteiger partial charge in [0.1, 0.15) is 13.4 Å². The minimum Gasteiger partial charge on any atom is -0.303 e. The molecule has 23 heavy (non-hydrogen) atoms.